The third-order valence-electron chi connectivity index (χ3n) is 0. The normalized spacial score (nSPS) is 12.0. The van der Waals surface area contributed by atoms with E-state index in [1.807, 2.05) is 0 Å². The van der Waals surface area contributed by atoms with Crippen LogP contribution in [-0.2, 0) is 0 Å². The van der Waals surface area contributed by atoms with Gasteiger partial charge in [0, 0.05) is 0 Å². The van der Waals surface area contributed by atoms with E-state index in [9.17, 15) is 0 Å². The van der Waals surface area contributed by atoms with Gasteiger partial charge < -0.3 is 10.8 Å². The summed E-state index contributed by atoms with van der Waals surface area (Å²) in [5.41, 5.74) is 3.91. The highest BCUT2D eigenvalue weighted by Gasteiger charge is 1.98. The molecular formula is C3H10NO+. The second-order valence-corrected chi connectivity index (χ2v) is 1.65. The zero-order valence-corrected chi connectivity index (χ0v) is 3.52. The first-order valence-electron chi connectivity index (χ1n) is 1.51. The van der Waals surface area contributed by atoms with E-state index in [1.54, 1.807) is 0 Å². The summed E-state index contributed by atoms with van der Waals surface area (Å²) in [7, 11) is 0. The van der Waals surface area contributed by atoms with Crippen LogP contribution in [0.5, 0.6) is 0 Å². The van der Waals surface area contributed by atoms with Crippen molar-refractivity contribution < 1.29 is 6.53 Å². The van der Waals surface area contributed by atoms with Gasteiger partial charge in [-0.1, -0.05) is 0 Å². The Labute approximate surface area is 33.1 Å². The van der Waals surface area contributed by atoms with Gasteiger partial charge in [-0.25, -0.2) is 0 Å². The van der Waals surface area contributed by atoms with E-state index in [4.69, 9.17) is 10.8 Å². The standard InChI is InChI=1S/C3H9NO/c1-3(2,4)5/h5H,4H2,1-2H3/p+1. The highest BCUT2D eigenvalue weighted by Crippen LogP contribution is 1.82. The molecule has 5 heavy (non-hydrogen) atoms. The zero-order valence-electron chi connectivity index (χ0n) is 4.52. The molecule has 0 saturated heterocycles. The van der Waals surface area contributed by atoms with Gasteiger partial charge in [0.15, 0.2) is 0 Å². The minimum atomic E-state index is -1.00. The SMILES string of the molecule is CC(C)(N)O.[H+]. The summed E-state index contributed by atoms with van der Waals surface area (Å²) in [6, 6.07) is 0. The van der Waals surface area contributed by atoms with Gasteiger partial charge in [0.2, 0.25) is 0 Å². The summed E-state index contributed by atoms with van der Waals surface area (Å²) in [5.74, 6) is 0. The Morgan fingerprint density at radius 1 is 1.80 bits per heavy atom. The molecule has 0 heterocycles. The van der Waals surface area contributed by atoms with Crippen molar-refractivity contribution in [1.29, 1.82) is 0 Å². The fourth-order valence-electron chi connectivity index (χ4n) is 0. The van der Waals surface area contributed by atoms with Crippen LogP contribution in [0.4, 0.5) is 0 Å². The average molecular weight is 76.1 g/mol. The van der Waals surface area contributed by atoms with E-state index >= 15 is 0 Å². The lowest BCUT2D eigenvalue weighted by Crippen LogP contribution is -2.30. The molecule has 0 bridgehead atoms. The van der Waals surface area contributed by atoms with Crippen LogP contribution in [0.1, 0.15) is 15.3 Å². The summed E-state index contributed by atoms with van der Waals surface area (Å²) in [6.45, 7) is 3.04. The minimum Gasteiger partial charge on any atom is -0.377 e. The molecule has 0 fully saturated rings. The Balaban J connectivity index is 0. The molecule has 3 N–H and O–H groups in total. The van der Waals surface area contributed by atoms with Crippen molar-refractivity contribution in [2.75, 3.05) is 0 Å². The number of nitrogens with two attached hydrogens (primary N) is 1. The maximum absolute atomic E-state index is 8.30. The van der Waals surface area contributed by atoms with Gasteiger partial charge in [-0.3, -0.25) is 0 Å². The molecule has 0 aromatic rings. The Hall–Kier alpha value is -0.0800. The summed E-state index contributed by atoms with van der Waals surface area (Å²) in [4.78, 5) is 0. The lowest BCUT2D eigenvalue weighted by atomic mass is 10.4. The molecule has 32 valence electrons. The second-order valence-electron chi connectivity index (χ2n) is 1.65. The van der Waals surface area contributed by atoms with E-state index in [1.165, 1.54) is 13.8 Å². The van der Waals surface area contributed by atoms with Crippen LogP contribution < -0.4 is 5.73 Å². The molecular weight excluding hydrogens is 66.0 g/mol. The summed E-state index contributed by atoms with van der Waals surface area (Å²) >= 11 is 0. The molecule has 0 atom stereocenters. The first kappa shape index (κ1) is 4.92. The van der Waals surface area contributed by atoms with Gasteiger partial charge in [-0.15, -0.1) is 0 Å². The number of hydrogen-bond donors (Lipinski definition) is 2. The Morgan fingerprint density at radius 2 is 1.80 bits per heavy atom. The molecule has 0 rings (SSSR count). The highest BCUT2D eigenvalue weighted by molar-refractivity contribution is 4.47. The molecule has 0 aromatic heterocycles. The maximum atomic E-state index is 8.30. The number of hydrogen-bond acceptors (Lipinski definition) is 2. The highest BCUT2D eigenvalue weighted by atomic mass is 16.3. The largest absolute Gasteiger partial charge is 1.00 e. The second kappa shape index (κ2) is 0.954. The number of aliphatic hydroxyl groups is 1. The molecule has 2 nitrogen and oxygen atoms in total. The fourth-order valence-corrected chi connectivity index (χ4v) is 0. The van der Waals surface area contributed by atoms with Crippen molar-refractivity contribution in [3.05, 3.63) is 0 Å². The van der Waals surface area contributed by atoms with Crippen molar-refractivity contribution in [2.45, 2.75) is 19.6 Å². The van der Waals surface area contributed by atoms with Gasteiger partial charge >= 0.3 is 1.43 Å². The van der Waals surface area contributed by atoms with Crippen LogP contribution in [0.3, 0.4) is 0 Å². The van der Waals surface area contributed by atoms with E-state index in [2.05, 4.69) is 0 Å². The Bertz CT molecular complexity index is 26.3. The Kier molecular flexibility index (Phi) is 0.938. The van der Waals surface area contributed by atoms with Crippen LogP contribution in [0.25, 0.3) is 0 Å². The molecule has 0 spiro atoms. The molecule has 0 saturated carbocycles. The minimum absolute atomic E-state index is 0. The molecule has 0 aliphatic rings. The maximum Gasteiger partial charge on any atom is 1.00 e. The molecule has 0 amide bonds. The van der Waals surface area contributed by atoms with E-state index in [0.29, 0.717) is 0 Å². The van der Waals surface area contributed by atoms with Crippen molar-refractivity contribution in [1.82, 2.24) is 0 Å². The smallest absolute Gasteiger partial charge is 0.377 e. The molecule has 0 unspecified atom stereocenters. The van der Waals surface area contributed by atoms with Crippen LogP contribution in [0.2, 0.25) is 0 Å². The summed E-state index contributed by atoms with van der Waals surface area (Å²) < 4.78 is 0. The van der Waals surface area contributed by atoms with Gasteiger partial charge in [0.05, 0.1) is 0 Å². The lowest BCUT2D eigenvalue weighted by molar-refractivity contribution is 0.0881. The van der Waals surface area contributed by atoms with Crippen LogP contribution >= 0.6 is 0 Å². The summed E-state index contributed by atoms with van der Waals surface area (Å²) in [5, 5.41) is 8.30. The first-order chi connectivity index (χ1) is 2.00. The van der Waals surface area contributed by atoms with Gasteiger partial charge in [0.1, 0.15) is 5.72 Å². The van der Waals surface area contributed by atoms with Crippen LogP contribution in [-0.4, -0.2) is 10.8 Å². The van der Waals surface area contributed by atoms with Gasteiger partial charge in [0.25, 0.3) is 0 Å². The topological polar surface area (TPSA) is 46.2 Å². The third kappa shape index (κ3) is 2260. The molecule has 0 aliphatic heterocycles. The third-order valence-corrected chi connectivity index (χ3v) is 0. The van der Waals surface area contributed by atoms with Crippen molar-refractivity contribution in [3.8, 4) is 0 Å². The predicted molar refractivity (Wildman–Crippen MR) is 21.6 cm³/mol. The average Bonchev–Trinajstić information content (AvgIpc) is 0.722. The molecule has 0 aliphatic carbocycles. The van der Waals surface area contributed by atoms with Crippen LogP contribution in [0.15, 0.2) is 0 Å². The molecule has 2 heteroatoms. The molecule has 0 radical (unpaired) electrons. The zero-order chi connectivity index (χ0) is 4.50. The Morgan fingerprint density at radius 3 is 1.80 bits per heavy atom. The quantitative estimate of drug-likeness (QED) is 0.392. The van der Waals surface area contributed by atoms with Crippen LogP contribution in [0, 0.1) is 0 Å². The first-order valence-corrected chi connectivity index (χ1v) is 1.51. The van der Waals surface area contributed by atoms with Crippen molar-refractivity contribution in [3.63, 3.8) is 0 Å². The molecule has 0 aromatic carbocycles. The van der Waals surface area contributed by atoms with Gasteiger partial charge in [-0.05, 0) is 13.8 Å². The monoisotopic (exact) mass is 76.1 g/mol. The lowest BCUT2D eigenvalue weighted by Gasteiger charge is -2.05. The van der Waals surface area contributed by atoms with Gasteiger partial charge in [-0.2, -0.15) is 0 Å². The fraction of sp³-hybridized carbons (Fsp3) is 1.00. The van der Waals surface area contributed by atoms with Crippen molar-refractivity contribution in [2.24, 2.45) is 5.73 Å². The van der Waals surface area contributed by atoms with E-state index < -0.39 is 5.72 Å². The summed E-state index contributed by atoms with van der Waals surface area (Å²) in [6.07, 6.45) is 0. The van der Waals surface area contributed by atoms with E-state index in [0.717, 1.165) is 0 Å². The van der Waals surface area contributed by atoms with E-state index in [-0.39, 0.29) is 1.43 Å². The predicted octanol–water partition coefficient (Wildman–Crippen LogP) is -0.214. The number of rotatable bonds is 0. The van der Waals surface area contributed by atoms with Crippen molar-refractivity contribution >= 4 is 0 Å².